The number of hydrogen-bond acceptors (Lipinski definition) is 4. The van der Waals surface area contributed by atoms with Crippen LogP contribution in [0.4, 0.5) is 0 Å². The largest absolute Gasteiger partial charge is 0.342 e. The van der Waals surface area contributed by atoms with E-state index in [2.05, 4.69) is 26.5 Å². The van der Waals surface area contributed by atoms with Gasteiger partial charge in [-0.25, -0.2) is 5.43 Å². The van der Waals surface area contributed by atoms with Crippen molar-refractivity contribution >= 4 is 40.5 Å². The number of carbonyl (C=O) groups is 2. The molecule has 0 aliphatic heterocycles. The van der Waals surface area contributed by atoms with E-state index in [4.69, 9.17) is 11.6 Å². The molecule has 0 aliphatic carbocycles. The van der Waals surface area contributed by atoms with Crippen molar-refractivity contribution < 1.29 is 9.59 Å². The molecular formula is C29H26ClN5O2. The Labute approximate surface area is 220 Å². The Morgan fingerprint density at radius 3 is 2.59 bits per heavy atom. The number of benzene rings is 3. The summed E-state index contributed by atoms with van der Waals surface area (Å²) in [4.78, 5) is 25.5. The molecule has 0 saturated carbocycles. The number of nitrogens with zero attached hydrogens (tertiary/aromatic N) is 3. The average molecular weight is 512 g/mol. The van der Waals surface area contributed by atoms with Gasteiger partial charge in [0.05, 0.1) is 17.8 Å². The van der Waals surface area contributed by atoms with Crippen LogP contribution in [0.5, 0.6) is 0 Å². The van der Waals surface area contributed by atoms with Gasteiger partial charge in [0.1, 0.15) is 6.04 Å². The maximum atomic E-state index is 12.9. The average Bonchev–Trinajstić information content (AvgIpc) is 3.24. The predicted molar refractivity (Wildman–Crippen MR) is 145 cm³/mol. The summed E-state index contributed by atoms with van der Waals surface area (Å²) in [5.74, 6) is -0.977. The van der Waals surface area contributed by atoms with Crippen molar-refractivity contribution in [1.29, 1.82) is 5.26 Å². The number of para-hydroxylation sites is 1. The fourth-order valence-electron chi connectivity index (χ4n) is 4.08. The van der Waals surface area contributed by atoms with Gasteiger partial charge < -0.3 is 9.88 Å². The van der Waals surface area contributed by atoms with E-state index >= 15 is 0 Å². The monoisotopic (exact) mass is 511 g/mol. The Morgan fingerprint density at radius 2 is 1.84 bits per heavy atom. The number of amides is 2. The van der Waals surface area contributed by atoms with Crippen LogP contribution in [0.25, 0.3) is 10.9 Å². The van der Waals surface area contributed by atoms with Gasteiger partial charge in [-0.3, -0.25) is 9.59 Å². The minimum absolute atomic E-state index is 0.166. The number of fused-ring (bicyclic) bond motifs is 1. The van der Waals surface area contributed by atoms with Crippen LogP contribution in [0.2, 0.25) is 5.02 Å². The van der Waals surface area contributed by atoms with E-state index in [1.165, 1.54) is 0 Å². The Morgan fingerprint density at radius 1 is 1.08 bits per heavy atom. The predicted octanol–water partition coefficient (Wildman–Crippen LogP) is 5.12. The minimum atomic E-state index is -0.785. The molecule has 0 saturated heterocycles. The molecule has 0 radical (unpaired) electrons. The van der Waals surface area contributed by atoms with Crippen LogP contribution in [0.15, 0.2) is 84.1 Å². The van der Waals surface area contributed by atoms with Gasteiger partial charge in [0, 0.05) is 39.8 Å². The second-order valence-corrected chi connectivity index (χ2v) is 9.37. The van der Waals surface area contributed by atoms with Crippen LogP contribution in [0.3, 0.4) is 0 Å². The van der Waals surface area contributed by atoms with Crippen molar-refractivity contribution in [2.24, 2.45) is 11.0 Å². The Balaban J connectivity index is 1.51. The molecule has 2 N–H and O–H groups in total. The van der Waals surface area contributed by atoms with E-state index < -0.39 is 11.9 Å². The zero-order valence-corrected chi connectivity index (χ0v) is 21.2. The Bertz CT molecular complexity index is 1520. The molecule has 7 nitrogen and oxygen atoms in total. The first-order valence-corrected chi connectivity index (χ1v) is 12.2. The third kappa shape index (κ3) is 6.05. The Kier molecular flexibility index (Phi) is 8.02. The molecule has 3 aromatic carbocycles. The zero-order chi connectivity index (χ0) is 26.4. The highest BCUT2D eigenvalue weighted by molar-refractivity contribution is 6.31. The molecule has 4 rings (SSSR count). The number of rotatable bonds is 8. The number of carbonyl (C=O) groups excluding carboxylic acids is 2. The minimum Gasteiger partial charge on any atom is -0.342 e. The molecule has 8 heteroatoms. The molecule has 0 fully saturated rings. The van der Waals surface area contributed by atoms with Crippen LogP contribution in [0, 0.1) is 17.2 Å². The molecule has 2 amide bonds. The van der Waals surface area contributed by atoms with E-state index in [9.17, 15) is 14.9 Å². The van der Waals surface area contributed by atoms with Crippen molar-refractivity contribution in [2.75, 3.05) is 0 Å². The van der Waals surface area contributed by atoms with E-state index in [-0.39, 0.29) is 11.8 Å². The standard InChI is InChI=1S/C29H26ClN5O2/c1-19(2)27(33-28(36)20-10-7-11-24(30)14-20)29(37)34-32-16-23-18-35(26-13-6-5-12-25(23)26)17-22-9-4-3-8-21(22)15-31/h3-14,16,18-19,27H,17H2,1-2H3,(H,33,36)(H,34,37). The van der Waals surface area contributed by atoms with Gasteiger partial charge in [0.2, 0.25) is 0 Å². The van der Waals surface area contributed by atoms with Crippen LogP contribution < -0.4 is 10.7 Å². The molecule has 1 unspecified atom stereocenters. The van der Waals surface area contributed by atoms with E-state index in [0.29, 0.717) is 22.7 Å². The fourth-order valence-corrected chi connectivity index (χ4v) is 4.27. The first-order chi connectivity index (χ1) is 17.9. The maximum absolute atomic E-state index is 12.9. The lowest BCUT2D eigenvalue weighted by molar-refractivity contribution is -0.123. The lowest BCUT2D eigenvalue weighted by atomic mass is 10.0. The summed E-state index contributed by atoms with van der Waals surface area (Å²) in [5, 5.41) is 17.8. The van der Waals surface area contributed by atoms with Crippen LogP contribution in [-0.2, 0) is 11.3 Å². The third-order valence-corrected chi connectivity index (χ3v) is 6.23. The third-order valence-electron chi connectivity index (χ3n) is 6.00. The summed E-state index contributed by atoms with van der Waals surface area (Å²) in [6.07, 6.45) is 3.53. The molecule has 186 valence electrons. The van der Waals surface area contributed by atoms with Gasteiger partial charge in [0.15, 0.2) is 0 Å². The first-order valence-electron chi connectivity index (χ1n) is 11.8. The van der Waals surface area contributed by atoms with Crippen molar-refractivity contribution in [3.05, 3.63) is 106 Å². The highest BCUT2D eigenvalue weighted by atomic mass is 35.5. The van der Waals surface area contributed by atoms with Gasteiger partial charge in [-0.15, -0.1) is 0 Å². The zero-order valence-electron chi connectivity index (χ0n) is 20.5. The summed E-state index contributed by atoms with van der Waals surface area (Å²) in [6.45, 7) is 4.22. The van der Waals surface area contributed by atoms with Crippen LogP contribution in [0.1, 0.15) is 40.9 Å². The highest BCUT2D eigenvalue weighted by Gasteiger charge is 2.24. The molecule has 4 aromatic rings. The number of hydrazone groups is 1. The maximum Gasteiger partial charge on any atom is 0.262 e. The molecule has 37 heavy (non-hydrogen) atoms. The van der Waals surface area contributed by atoms with E-state index in [0.717, 1.165) is 22.0 Å². The molecular weight excluding hydrogens is 486 g/mol. The SMILES string of the molecule is CC(C)C(NC(=O)c1cccc(Cl)c1)C(=O)NN=Cc1cn(Cc2ccccc2C#N)c2ccccc12. The molecule has 0 aliphatic rings. The summed E-state index contributed by atoms with van der Waals surface area (Å²) < 4.78 is 2.05. The second-order valence-electron chi connectivity index (χ2n) is 8.94. The van der Waals surface area contributed by atoms with Gasteiger partial charge in [-0.05, 0) is 41.8 Å². The summed E-state index contributed by atoms with van der Waals surface area (Å²) >= 11 is 5.99. The number of aromatic nitrogens is 1. The van der Waals surface area contributed by atoms with Crippen molar-refractivity contribution in [3.8, 4) is 6.07 Å². The van der Waals surface area contributed by atoms with Gasteiger partial charge >= 0.3 is 0 Å². The fraction of sp³-hybridized carbons (Fsp3) is 0.172. The highest BCUT2D eigenvalue weighted by Crippen LogP contribution is 2.22. The Hall–Kier alpha value is -4.41. The normalized spacial score (nSPS) is 12.0. The number of nitrogens with one attached hydrogen (secondary N) is 2. The smallest absolute Gasteiger partial charge is 0.262 e. The lowest BCUT2D eigenvalue weighted by Gasteiger charge is -2.20. The molecule has 0 bridgehead atoms. The van der Waals surface area contributed by atoms with Crippen molar-refractivity contribution in [1.82, 2.24) is 15.3 Å². The van der Waals surface area contributed by atoms with Crippen molar-refractivity contribution in [2.45, 2.75) is 26.4 Å². The molecule has 1 atom stereocenters. The van der Waals surface area contributed by atoms with Gasteiger partial charge in [0.25, 0.3) is 11.8 Å². The van der Waals surface area contributed by atoms with Crippen LogP contribution >= 0.6 is 11.6 Å². The number of nitriles is 1. The van der Waals surface area contributed by atoms with Gasteiger partial charge in [-0.2, -0.15) is 10.4 Å². The number of hydrogen-bond donors (Lipinski definition) is 2. The quantitative estimate of drug-likeness (QED) is 0.254. The molecule has 0 spiro atoms. The topological polar surface area (TPSA) is 99.3 Å². The number of halogens is 1. The van der Waals surface area contributed by atoms with Gasteiger partial charge in [-0.1, -0.05) is 67.9 Å². The molecule has 1 heterocycles. The summed E-state index contributed by atoms with van der Waals surface area (Å²) in [7, 11) is 0. The van der Waals surface area contributed by atoms with Crippen LogP contribution in [-0.4, -0.2) is 28.6 Å². The van der Waals surface area contributed by atoms with E-state index in [1.807, 2.05) is 62.5 Å². The summed E-state index contributed by atoms with van der Waals surface area (Å²) in [6, 6.07) is 23.4. The summed E-state index contributed by atoms with van der Waals surface area (Å²) in [5.41, 5.74) is 6.27. The first kappa shape index (κ1) is 25.7. The van der Waals surface area contributed by atoms with Crippen molar-refractivity contribution in [3.63, 3.8) is 0 Å². The van der Waals surface area contributed by atoms with E-state index in [1.54, 1.807) is 36.5 Å². The second kappa shape index (κ2) is 11.5. The molecule has 1 aromatic heterocycles. The lowest BCUT2D eigenvalue weighted by Crippen LogP contribution is -2.48.